The van der Waals surface area contributed by atoms with Gasteiger partial charge in [-0.3, -0.25) is 9.89 Å². The fourth-order valence-corrected chi connectivity index (χ4v) is 1.72. The van der Waals surface area contributed by atoms with E-state index in [2.05, 4.69) is 20.5 Å². The Bertz CT molecular complexity index is 550. The number of esters is 1. The Morgan fingerprint density at radius 3 is 3.17 bits per heavy atom. The largest absolute Gasteiger partial charge is 0.466 e. The van der Waals surface area contributed by atoms with Crippen LogP contribution in [-0.4, -0.2) is 34.3 Å². The minimum absolute atomic E-state index is 0.245. The molecule has 0 radical (unpaired) electrons. The van der Waals surface area contributed by atoms with Crippen LogP contribution in [0.3, 0.4) is 0 Å². The van der Waals surface area contributed by atoms with Gasteiger partial charge in [0.2, 0.25) is 0 Å². The maximum atomic E-state index is 10.6. The van der Waals surface area contributed by atoms with Crippen molar-refractivity contribution in [2.45, 2.75) is 20.3 Å². The molecule has 0 atom stereocenters. The fraction of sp³-hybridized carbons (Fsp3) is 0.417. The van der Waals surface area contributed by atoms with Crippen LogP contribution in [0, 0.1) is 6.92 Å². The molecule has 0 saturated heterocycles. The second-order valence-electron chi connectivity index (χ2n) is 4.06. The molecule has 2 rings (SSSR count). The van der Waals surface area contributed by atoms with E-state index in [-0.39, 0.29) is 5.97 Å². The molecule has 6 nitrogen and oxygen atoms in total. The average molecular weight is 248 g/mol. The van der Waals surface area contributed by atoms with Crippen LogP contribution in [0.1, 0.15) is 19.0 Å². The van der Waals surface area contributed by atoms with Gasteiger partial charge in [-0.15, -0.1) is 0 Å². The first-order valence-electron chi connectivity index (χ1n) is 5.85. The third-order valence-corrected chi connectivity index (χ3v) is 2.48. The van der Waals surface area contributed by atoms with Crippen LogP contribution in [0.2, 0.25) is 0 Å². The fourth-order valence-electron chi connectivity index (χ4n) is 1.72. The van der Waals surface area contributed by atoms with Crippen molar-refractivity contribution in [2.75, 3.05) is 18.5 Å². The lowest BCUT2D eigenvalue weighted by molar-refractivity contribution is -0.140. The molecule has 96 valence electrons. The summed E-state index contributed by atoms with van der Waals surface area (Å²) < 4.78 is 4.86. The van der Waals surface area contributed by atoms with Crippen LogP contribution in [0.15, 0.2) is 12.3 Å². The van der Waals surface area contributed by atoms with Crippen molar-refractivity contribution in [2.24, 2.45) is 0 Å². The molecule has 0 aliphatic rings. The maximum Gasteiger partial charge on any atom is 0.302 e. The molecule has 0 saturated carbocycles. The SMILES string of the molecule is CC(=O)OCCCNc1cc(C)nc2cn[nH]c12. The number of H-pyrrole nitrogens is 1. The number of aromatic nitrogens is 3. The van der Waals surface area contributed by atoms with E-state index in [9.17, 15) is 4.79 Å². The van der Waals surface area contributed by atoms with Crippen molar-refractivity contribution in [1.82, 2.24) is 15.2 Å². The Labute approximate surface area is 105 Å². The number of hydrogen-bond donors (Lipinski definition) is 2. The van der Waals surface area contributed by atoms with Crippen molar-refractivity contribution in [3.63, 3.8) is 0 Å². The molecular weight excluding hydrogens is 232 g/mol. The van der Waals surface area contributed by atoms with Crippen LogP contribution >= 0.6 is 0 Å². The molecule has 0 amide bonds. The summed E-state index contributed by atoms with van der Waals surface area (Å²) in [5.74, 6) is -0.245. The Morgan fingerprint density at radius 1 is 1.56 bits per heavy atom. The summed E-state index contributed by atoms with van der Waals surface area (Å²) in [4.78, 5) is 15.0. The summed E-state index contributed by atoms with van der Waals surface area (Å²) in [5.41, 5.74) is 3.65. The van der Waals surface area contributed by atoms with Crippen LogP contribution in [0.4, 0.5) is 5.69 Å². The number of nitrogens with zero attached hydrogens (tertiary/aromatic N) is 2. The topological polar surface area (TPSA) is 79.9 Å². The molecule has 18 heavy (non-hydrogen) atoms. The lowest BCUT2D eigenvalue weighted by atomic mass is 10.2. The number of nitrogens with one attached hydrogen (secondary N) is 2. The second kappa shape index (κ2) is 5.48. The quantitative estimate of drug-likeness (QED) is 0.621. The van der Waals surface area contributed by atoms with Crippen molar-refractivity contribution in [3.8, 4) is 0 Å². The molecular formula is C12H16N4O2. The van der Waals surface area contributed by atoms with Gasteiger partial charge in [0.25, 0.3) is 0 Å². The van der Waals surface area contributed by atoms with Crippen molar-refractivity contribution >= 4 is 22.7 Å². The number of aromatic amines is 1. The van der Waals surface area contributed by atoms with Crippen molar-refractivity contribution in [1.29, 1.82) is 0 Å². The zero-order valence-electron chi connectivity index (χ0n) is 10.5. The van der Waals surface area contributed by atoms with Crippen molar-refractivity contribution in [3.05, 3.63) is 18.0 Å². The number of anilines is 1. The molecule has 0 bridgehead atoms. The normalized spacial score (nSPS) is 10.6. The molecule has 2 aromatic rings. The van der Waals surface area contributed by atoms with E-state index in [1.165, 1.54) is 6.92 Å². The number of carbonyl (C=O) groups excluding carboxylic acids is 1. The van der Waals surface area contributed by atoms with Gasteiger partial charge in [0, 0.05) is 19.2 Å². The van der Waals surface area contributed by atoms with Gasteiger partial charge in [-0.05, 0) is 19.4 Å². The van der Waals surface area contributed by atoms with E-state index < -0.39 is 0 Å². The highest BCUT2D eigenvalue weighted by molar-refractivity contribution is 5.87. The van der Waals surface area contributed by atoms with Gasteiger partial charge in [0.1, 0.15) is 11.0 Å². The number of ether oxygens (including phenoxy) is 1. The first kappa shape index (κ1) is 12.3. The van der Waals surface area contributed by atoms with Crippen molar-refractivity contribution < 1.29 is 9.53 Å². The molecule has 0 aromatic carbocycles. The Hall–Kier alpha value is -2.11. The number of aryl methyl sites for hydroxylation is 1. The molecule has 0 fully saturated rings. The van der Waals surface area contributed by atoms with E-state index in [4.69, 9.17) is 4.74 Å². The minimum Gasteiger partial charge on any atom is -0.466 e. The van der Waals surface area contributed by atoms with Gasteiger partial charge in [-0.2, -0.15) is 5.10 Å². The van der Waals surface area contributed by atoms with Gasteiger partial charge in [-0.1, -0.05) is 0 Å². The molecule has 0 aliphatic carbocycles. The highest BCUT2D eigenvalue weighted by Gasteiger charge is 2.05. The van der Waals surface area contributed by atoms with Gasteiger partial charge >= 0.3 is 5.97 Å². The van der Waals surface area contributed by atoms with Crippen LogP contribution in [-0.2, 0) is 9.53 Å². The van der Waals surface area contributed by atoms with Gasteiger partial charge in [0.05, 0.1) is 18.5 Å². The van der Waals surface area contributed by atoms with Gasteiger partial charge < -0.3 is 10.1 Å². The third kappa shape index (κ3) is 2.97. The summed E-state index contributed by atoms with van der Waals surface area (Å²) in [7, 11) is 0. The Balaban J connectivity index is 1.94. The summed E-state index contributed by atoms with van der Waals surface area (Å²) in [6.07, 6.45) is 2.46. The number of pyridine rings is 1. The van der Waals surface area contributed by atoms with E-state index in [0.717, 1.165) is 35.4 Å². The number of hydrogen-bond acceptors (Lipinski definition) is 5. The summed E-state index contributed by atoms with van der Waals surface area (Å²) in [6, 6.07) is 1.96. The predicted octanol–water partition coefficient (Wildman–Crippen LogP) is 1.63. The zero-order chi connectivity index (χ0) is 13.0. The van der Waals surface area contributed by atoms with E-state index in [0.29, 0.717) is 6.61 Å². The third-order valence-electron chi connectivity index (χ3n) is 2.48. The molecule has 0 unspecified atom stereocenters. The summed E-state index contributed by atoms with van der Waals surface area (Å²) >= 11 is 0. The Morgan fingerprint density at radius 2 is 2.39 bits per heavy atom. The van der Waals surface area contributed by atoms with Gasteiger partial charge in [-0.25, -0.2) is 4.98 Å². The first-order chi connectivity index (χ1) is 8.66. The van der Waals surface area contributed by atoms with Gasteiger partial charge in [0.15, 0.2) is 0 Å². The predicted molar refractivity (Wildman–Crippen MR) is 68.4 cm³/mol. The molecule has 2 aromatic heterocycles. The molecule has 0 spiro atoms. The van der Waals surface area contributed by atoms with Crippen LogP contribution < -0.4 is 5.32 Å². The lowest BCUT2D eigenvalue weighted by Crippen LogP contribution is -2.08. The maximum absolute atomic E-state index is 10.6. The van der Waals surface area contributed by atoms with Crippen LogP contribution in [0.25, 0.3) is 11.0 Å². The summed E-state index contributed by atoms with van der Waals surface area (Å²) in [6.45, 7) is 4.51. The lowest BCUT2D eigenvalue weighted by Gasteiger charge is -2.08. The number of carbonyl (C=O) groups is 1. The van der Waals surface area contributed by atoms with Crippen LogP contribution in [0.5, 0.6) is 0 Å². The minimum atomic E-state index is -0.245. The zero-order valence-corrected chi connectivity index (χ0v) is 10.5. The number of rotatable bonds is 5. The molecule has 0 aliphatic heterocycles. The monoisotopic (exact) mass is 248 g/mol. The van der Waals surface area contributed by atoms with E-state index in [1.54, 1.807) is 6.20 Å². The average Bonchev–Trinajstić information content (AvgIpc) is 2.75. The highest BCUT2D eigenvalue weighted by Crippen LogP contribution is 2.20. The second-order valence-corrected chi connectivity index (χ2v) is 4.06. The first-order valence-corrected chi connectivity index (χ1v) is 5.85. The Kier molecular flexibility index (Phi) is 3.76. The van der Waals surface area contributed by atoms with E-state index >= 15 is 0 Å². The smallest absolute Gasteiger partial charge is 0.302 e. The summed E-state index contributed by atoms with van der Waals surface area (Å²) in [5, 5.41) is 10.2. The standard InChI is InChI=1S/C12H16N4O2/c1-8-6-10(12-11(15-8)7-14-16-12)13-4-3-5-18-9(2)17/h6-7H,3-5H2,1-2H3,(H,13,15)(H,14,16). The van der Waals surface area contributed by atoms with E-state index in [1.807, 2.05) is 13.0 Å². The number of fused-ring (bicyclic) bond motifs is 1. The molecule has 2 heterocycles. The highest BCUT2D eigenvalue weighted by atomic mass is 16.5. The molecule has 6 heteroatoms. The molecule has 2 N–H and O–H groups in total.